The lowest BCUT2D eigenvalue weighted by Gasteiger charge is -2.24. The zero-order valence-electron chi connectivity index (χ0n) is 15.8. The third kappa shape index (κ3) is 3.40. The van der Waals surface area contributed by atoms with Crippen molar-refractivity contribution >= 4 is 28.2 Å². The van der Waals surface area contributed by atoms with E-state index in [2.05, 4.69) is 71.3 Å². The predicted molar refractivity (Wildman–Crippen MR) is 114 cm³/mol. The second-order valence-electron chi connectivity index (χ2n) is 7.21. The van der Waals surface area contributed by atoms with Gasteiger partial charge in [-0.25, -0.2) is 4.98 Å². The number of nitrogens with zero attached hydrogens (tertiary/aromatic N) is 3. The van der Waals surface area contributed by atoms with Crippen LogP contribution in [0.2, 0.25) is 5.02 Å². The molecule has 4 rings (SSSR count). The van der Waals surface area contributed by atoms with Gasteiger partial charge in [0.1, 0.15) is 0 Å². The fourth-order valence-corrected chi connectivity index (χ4v) is 4.16. The van der Waals surface area contributed by atoms with Crippen molar-refractivity contribution in [3.05, 3.63) is 83.3 Å². The summed E-state index contributed by atoms with van der Waals surface area (Å²) in [6, 6.07) is 12.9. The van der Waals surface area contributed by atoms with Crippen LogP contribution in [0.5, 0.6) is 0 Å². The molecule has 0 saturated carbocycles. The van der Waals surface area contributed by atoms with Gasteiger partial charge in [0.05, 0.1) is 23.4 Å². The van der Waals surface area contributed by atoms with E-state index in [0.29, 0.717) is 0 Å². The molecule has 1 atom stereocenters. The van der Waals surface area contributed by atoms with E-state index in [9.17, 15) is 0 Å². The highest BCUT2D eigenvalue weighted by Gasteiger charge is 2.16. The molecular formula is C23H24ClN3. The number of halogens is 1. The Morgan fingerprint density at radius 2 is 2.07 bits per heavy atom. The van der Waals surface area contributed by atoms with E-state index in [1.165, 1.54) is 16.7 Å². The normalized spacial score (nSPS) is 15.7. The van der Waals surface area contributed by atoms with Crippen LogP contribution in [0, 0.1) is 6.92 Å². The average molecular weight is 378 g/mol. The van der Waals surface area contributed by atoms with Gasteiger partial charge in [0.15, 0.2) is 0 Å². The number of fused-ring (bicyclic) bond motifs is 1. The summed E-state index contributed by atoms with van der Waals surface area (Å²) in [4.78, 5) is 6.83. The van der Waals surface area contributed by atoms with Crippen LogP contribution in [0.3, 0.4) is 0 Å². The standard InChI is InChI=1S/C23H24ClN3/c1-4-26-11-9-18(10-12-26)19-6-8-22-23(14-19)27(15-25-22)17(3)20-7-5-16(2)13-21(20)24/h4-9,13-15,17H,1,10-12H2,2-3H3/t17-/m1/s1. The molecule has 3 aromatic rings. The van der Waals surface area contributed by atoms with Gasteiger partial charge in [0, 0.05) is 18.1 Å². The van der Waals surface area contributed by atoms with Gasteiger partial charge in [0.25, 0.3) is 0 Å². The second kappa shape index (κ2) is 7.24. The number of hydrogen-bond donors (Lipinski definition) is 0. The van der Waals surface area contributed by atoms with E-state index >= 15 is 0 Å². The minimum Gasteiger partial charge on any atom is -0.374 e. The van der Waals surface area contributed by atoms with Gasteiger partial charge in [-0.3, -0.25) is 0 Å². The molecule has 0 N–H and O–H groups in total. The summed E-state index contributed by atoms with van der Waals surface area (Å²) in [5.41, 5.74) is 7.11. The molecule has 0 spiro atoms. The Bertz CT molecular complexity index is 1030. The lowest BCUT2D eigenvalue weighted by Crippen LogP contribution is -2.22. The van der Waals surface area contributed by atoms with Crippen molar-refractivity contribution < 1.29 is 0 Å². The Balaban J connectivity index is 1.72. The maximum absolute atomic E-state index is 6.52. The molecule has 0 amide bonds. The minimum absolute atomic E-state index is 0.120. The summed E-state index contributed by atoms with van der Waals surface area (Å²) in [6.07, 6.45) is 7.17. The Labute approximate surface area is 165 Å². The first-order chi connectivity index (χ1) is 13.1. The molecule has 1 aliphatic rings. The minimum atomic E-state index is 0.120. The fraction of sp³-hybridized carbons (Fsp3) is 0.261. The molecule has 0 radical (unpaired) electrons. The number of benzene rings is 2. The van der Waals surface area contributed by atoms with Crippen molar-refractivity contribution in [2.75, 3.05) is 13.1 Å². The lowest BCUT2D eigenvalue weighted by molar-refractivity contribution is 0.415. The molecule has 1 aromatic heterocycles. The number of rotatable bonds is 4. The number of imidazole rings is 1. The van der Waals surface area contributed by atoms with Gasteiger partial charge in [-0.15, -0.1) is 0 Å². The van der Waals surface area contributed by atoms with Crippen molar-refractivity contribution in [1.82, 2.24) is 14.5 Å². The molecule has 138 valence electrons. The van der Waals surface area contributed by atoms with Crippen LogP contribution in [0.25, 0.3) is 16.6 Å². The third-order valence-corrected chi connectivity index (χ3v) is 5.79. The number of aromatic nitrogens is 2. The number of aryl methyl sites for hydroxylation is 1. The summed E-state index contributed by atoms with van der Waals surface area (Å²) in [5.74, 6) is 0. The average Bonchev–Trinajstić information content (AvgIpc) is 3.11. The van der Waals surface area contributed by atoms with Crippen LogP contribution in [0.15, 0.2) is 61.6 Å². The largest absolute Gasteiger partial charge is 0.374 e. The molecule has 0 unspecified atom stereocenters. The molecule has 27 heavy (non-hydrogen) atoms. The zero-order valence-corrected chi connectivity index (χ0v) is 16.6. The molecule has 3 nitrogen and oxygen atoms in total. The summed E-state index contributed by atoms with van der Waals surface area (Å²) in [6.45, 7) is 10.0. The topological polar surface area (TPSA) is 21.1 Å². The molecular weight excluding hydrogens is 354 g/mol. The molecule has 1 aliphatic heterocycles. The van der Waals surface area contributed by atoms with E-state index < -0.39 is 0 Å². The van der Waals surface area contributed by atoms with Crippen LogP contribution < -0.4 is 0 Å². The smallest absolute Gasteiger partial charge is 0.0964 e. The zero-order chi connectivity index (χ0) is 19.0. The molecule has 0 bridgehead atoms. The van der Waals surface area contributed by atoms with Crippen molar-refractivity contribution in [2.45, 2.75) is 26.3 Å². The summed E-state index contributed by atoms with van der Waals surface area (Å²) < 4.78 is 2.22. The van der Waals surface area contributed by atoms with Crippen molar-refractivity contribution in [3.8, 4) is 0 Å². The van der Waals surface area contributed by atoms with E-state index in [-0.39, 0.29) is 6.04 Å². The summed E-state index contributed by atoms with van der Waals surface area (Å²) in [7, 11) is 0. The Kier molecular flexibility index (Phi) is 4.79. The van der Waals surface area contributed by atoms with Crippen molar-refractivity contribution in [1.29, 1.82) is 0 Å². The third-order valence-electron chi connectivity index (χ3n) is 5.47. The van der Waals surface area contributed by atoms with Gasteiger partial charge < -0.3 is 9.47 Å². The summed E-state index contributed by atoms with van der Waals surface area (Å²) in [5, 5.41) is 0.806. The van der Waals surface area contributed by atoms with Crippen LogP contribution >= 0.6 is 11.6 Å². The monoisotopic (exact) mass is 377 g/mol. The number of hydrogen-bond acceptors (Lipinski definition) is 2. The van der Waals surface area contributed by atoms with Crippen molar-refractivity contribution in [3.63, 3.8) is 0 Å². The van der Waals surface area contributed by atoms with E-state index in [4.69, 9.17) is 11.6 Å². The first-order valence-electron chi connectivity index (χ1n) is 9.35. The Morgan fingerprint density at radius 1 is 1.22 bits per heavy atom. The molecule has 0 saturated heterocycles. The highest BCUT2D eigenvalue weighted by Crippen LogP contribution is 2.31. The predicted octanol–water partition coefficient (Wildman–Crippen LogP) is 5.84. The van der Waals surface area contributed by atoms with Crippen LogP contribution in [-0.4, -0.2) is 27.5 Å². The molecule has 0 aliphatic carbocycles. The lowest BCUT2D eigenvalue weighted by atomic mass is 9.99. The first-order valence-corrected chi connectivity index (χ1v) is 9.73. The van der Waals surface area contributed by atoms with E-state index in [1.54, 1.807) is 0 Å². The second-order valence-corrected chi connectivity index (χ2v) is 7.62. The highest BCUT2D eigenvalue weighted by molar-refractivity contribution is 6.31. The maximum Gasteiger partial charge on any atom is 0.0964 e. The van der Waals surface area contributed by atoms with E-state index in [0.717, 1.165) is 41.1 Å². The molecule has 2 heterocycles. The van der Waals surface area contributed by atoms with Crippen LogP contribution in [0.4, 0.5) is 0 Å². The van der Waals surface area contributed by atoms with Crippen molar-refractivity contribution in [2.24, 2.45) is 0 Å². The Morgan fingerprint density at radius 3 is 2.78 bits per heavy atom. The van der Waals surface area contributed by atoms with Gasteiger partial charge >= 0.3 is 0 Å². The molecule has 4 heteroatoms. The van der Waals surface area contributed by atoms with Crippen LogP contribution in [-0.2, 0) is 0 Å². The maximum atomic E-state index is 6.52. The van der Waals surface area contributed by atoms with Gasteiger partial charge in [-0.05, 0) is 66.9 Å². The molecule has 0 fully saturated rings. The quantitative estimate of drug-likeness (QED) is 0.569. The van der Waals surface area contributed by atoms with Gasteiger partial charge in [0.2, 0.25) is 0 Å². The van der Waals surface area contributed by atoms with Crippen LogP contribution in [0.1, 0.15) is 36.1 Å². The summed E-state index contributed by atoms with van der Waals surface area (Å²) >= 11 is 6.52. The fourth-order valence-electron chi connectivity index (χ4n) is 3.77. The van der Waals surface area contributed by atoms with E-state index in [1.807, 2.05) is 18.6 Å². The SMILES string of the molecule is C=CN1CC=C(c2ccc3ncn([C@H](C)c4ccc(C)cc4Cl)c3c2)CC1. The highest BCUT2D eigenvalue weighted by atomic mass is 35.5. The first kappa shape index (κ1) is 17.9. The Hall–Kier alpha value is -2.52. The van der Waals surface area contributed by atoms with Gasteiger partial charge in [-0.2, -0.15) is 0 Å². The van der Waals surface area contributed by atoms with Gasteiger partial charge in [-0.1, -0.05) is 42.5 Å². The molecule has 2 aromatic carbocycles.